The molecule has 1 aliphatic rings. The van der Waals surface area contributed by atoms with Crippen LogP contribution in [0.5, 0.6) is 0 Å². The predicted octanol–water partition coefficient (Wildman–Crippen LogP) is 2.45. The molecule has 2 aromatic rings. The molecule has 1 amide bonds. The molecule has 1 aromatic heterocycles. The Balaban J connectivity index is 1.84. The number of aliphatic carboxylic acids is 1. The first-order valence-corrected chi connectivity index (χ1v) is 8.75. The maximum absolute atomic E-state index is 12.6. The van der Waals surface area contributed by atoms with Gasteiger partial charge in [-0.3, -0.25) is 9.69 Å². The van der Waals surface area contributed by atoms with Gasteiger partial charge in [-0.2, -0.15) is 0 Å². The Labute approximate surface area is 146 Å². The lowest BCUT2D eigenvalue weighted by atomic mass is 10.1. The van der Waals surface area contributed by atoms with Gasteiger partial charge in [0.1, 0.15) is 0 Å². The lowest BCUT2D eigenvalue weighted by molar-refractivity contribution is -0.304. The molecule has 0 N–H and O–H groups in total. The Morgan fingerprint density at radius 3 is 2.61 bits per heavy atom. The van der Waals surface area contributed by atoms with E-state index in [2.05, 4.69) is 0 Å². The lowest BCUT2D eigenvalue weighted by Gasteiger charge is -2.15. The van der Waals surface area contributed by atoms with E-state index in [9.17, 15) is 14.7 Å². The van der Waals surface area contributed by atoms with Gasteiger partial charge < -0.3 is 9.90 Å². The number of amides is 1. The van der Waals surface area contributed by atoms with Crippen molar-refractivity contribution >= 4 is 63.3 Å². The Morgan fingerprint density at radius 1 is 1.26 bits per heavy atom. The van der Waals surface area contributed by atoms with Crippen LogP contribution in [0.15, 0.2) is 46.7 Å². The number of carbonyl (C=O) groups is 2. The van der Waals surface area contributed by atoms with E-state index < -0.39 is 5.97 Å². The summed E-state index contributed by atoms with van der Waals surface area (Å²) in [4.78, 5) is 26.2. The summed E-state index contributed by atoms with van der Waals surface area (Å²) in [5, 5.41) is 12.5. The second-order valence-corrected chi connectivity index (χ2v) is 7.40. The van der Waals surface area contributed by atoms with Gasteiger partial charge in [0.25, 0.3) is 5.91 Å². The normalized spacial score (nSPS) is 16.3. The summed E-state index contributed by atoms with van der Waals surface area (Å²) in [5.74, 6) is -1.30. The van der Waals surface area contributed by atoms with Crippen molar-refractivity contribution in [3.05, 3.63) is 57.1 Å². The van der Waals surface area contributed by atoms with Gasteiger partial charge in [-0.25, -0.2) is 0 Å². The van der Waals surface area contributed by atoms with Crippen molar-refractivity contribution in [1.82, 2.24) is 0 Å². The summed E-state index contributed by atoms with van der Waals surface area (Å²) in [7, 11) is 0. The van der Waals surface area contributed by atoms with Crippen molar-refractivity contribution < 1.29 is 14.7 Å². The van der Waals surface area contributed by atoms with Crippen molar-refractivity contribution in [3.8, 4) is 0 Å². The van der Waals surface area contributed by atoms with Crippen molar-refractivity contribution in [2.75, 3.05) is 4.90 Å². The quantitative estimate of drug-likeness (QED) is 0.619. The molecule has 1 fully saturated rings. The summed E-state index contributed by atoms with van der Waals surface area (Å²) in [5.41, 5.74) is 1.25. The van der Waals surface area contributed by atoms with Crippen molar-refractivity contribution in [2.24, 2.45) is 0 Å². The number of thioether (sulfide) groups is 1. The molecule has 7 heteroatoms. The van der Waals surface area contributed by atoms with Gasteiger partial charge >= 0.3 is 0 Å². The lowest BCUT2D eigenvalue weighted by Crippen LogP contribution is -2.27. The summed E-state index contributed by atoms with van der Waals surface area (Å²) in [6, 6.07) is 10.6. The minimum absolute atomic E-state index is 0.156. The van der Waals surface area contributed by atoms with Crippen LogP contribution in [-0.2, 0) is 16.0 Å². The van der Waals surface area contributed by atoms with E-state index in [0.717, 1.165) is 4.88 Å². The average molecular weight is 360 g/mol. The van der Waals surface area contributed by atoms with E-state index in [0.29, 0.717) is 20.5 Å². The number of carboxylic acids is 1. The molecule has 23 heavy (non-hydrogen) atoms. The van der Waals surface area contributed by atoms with E-state index in [-0.39, 0.29) is 12.3 Å². The van der Waals surface area contributed by atoms with Crippen LogP contribution in [0, 0.1) is 0 Å². The number of hydrogen-bond donors (Lipinski definition) is 0. The molecule has 0 spiro atoms. The third-order valence-corrected chi connectivity index (χ3v) is 5.27. The van der Waals surface area contributed by atoms with E-state index in [4.69, 9.17) is 12.2 Å². The monoisotopic (exact) mass is 360 g/mol. The molecule has 0 atom stereocenters. The highest BCUT2D eigenvalue weighted by atomic mass is 32.2. The smallest absolute Gasteiger partial charge is 0.270 e. The Morgan fingerprint density at radius 2 is 2.00 bits per heavy atom. The van der Waals surface area contributed by atoms with Gasteiger partial charge in [-0.05, 0) is 35.2 Å². The van der Waals surface area contributed by atoms with E-state index in [1.807, 2.05) is 23.6 Å². The van der Waals surface area contributed by atoms with Gasteiger partial charge in [0, 0.05) is 17.3 Å². The van der Waals surface area contributed by atoms with Crippen LogP contribution < -0.4 is 10.0 Å². The number of thiophene rings is 1. The maximum atomic E-state index is 12.6. The molecule has 1 aliphatic heterocycles. The van der Waals surface area contributed by atoms with E-state index in [1.165, 1.54) is 16.7 Å². The van der Waals surface area contributed by atoms with Gasteiger partial charge in [0.2, 0.25) is 0 Å². The van der Waals surface area contributed by atoms with Gasteiger partial charge in [-0.1, -0.05) is 42.2 Å². The van der Waals surface area contributed by atoms with E-state index in [1.54, 1.807) is 35.6 Å². The molecule has 0 saturated carbocycles. The zero-order valence-electron chi connectivity index (χ0n) is 11.7. The molecule has 3 rings (SSSR count). The summed E-state index contributed by atoms with van der Waals surface area (Å²) in [6.07, 6.45) is 1.67. The highest BCUT2D eigenvalue weighted by molar-refractivity contribution is 8.27. The second kappa shape index (κ2) is 6.66. The molecule has 0 bridgehead atoms. The molecule has 1 aromatic carbocycles. The standard InChI is InChI=1S/C16H11NO3S3/c18-14(19)8-10-3-5-11(6-4-10)17-15(20)13(23-16(17)21)9-12-2-1-7-22-12/h1-7,9H,8H2,(H,18,19)/p-1/b13-9+. The van der Waals surface area contributed by atoms with E-state index >= 15 is 0 Å². The molecule has 116 valence electrons. The van der Waals surface area contributed by atoms with Gasteiger partial charge in [0.05, 0.1) is 10.6 Å². The Hall–Kier alpha value is -1.96. The summed E-state index contributed by atoms with van der Waals surface area (Å²) < 4.78 is 0.463. The fourth-order valence-electron chi connectivity index (χ4n) is 2.12. The predicted molar refractivity (Wildman–Crippen MR) is 95.1 cm³/mol. The van der Waals surface area contributed by atoms with Crippen LogP contribution in [0.25, 0.3) is 6.08 Å². The topological polar surface area (TPSA) is 60.4 Å². The first-order chi connectivity index (χ1) is 11.0. The number of nitrogens with zero attached hydrogens (tertiary/aromatic N) is 1. The van der Waals surface area contributed by atoms with Gasteiger partial charge in [0.15, 0.2) is 4.32 Å². The number of rotatable bonds is 4. The first kappa shape index (κ1) is 15.9. The highest BCUT2D eigenvalue weighted by Gasteiger charge is 2.33. The minimum atomic E-state index is -1.14. The van der Waals surface area contributed by atoms with Crippen LogP contribution in [0.2, 0.25) is 0 Å². The molecule has 1 saturated heterocycles. The number of carbonyl (C=O) groups excluding carboxylic acids is 2. The molecule has 0 radical (unpaired) electrons. The SMILES string of the molecule is O=C([O-])Cc1ccc(N2C(=O)/C(=C\c3cccs3)SC2=S)cc1. The fourth-order valence-corrected chi connectivity index (χ4v) is 4.14. The second-order valence-electron chi connectivity index (χ2n) is 4.75. The third-order valence-electron chi connectivity index (χ3n) is 3.15. The van der Waals surface area contributed by atoms with Crippen molar-refractivity contribution in [2.45, 2.75) is 6.42 Å². The molecule has 0 aliphatic carbocycles. The molecule has 0 unspecified atom stereocenters. The number of thiocarbonyl (C=S) groups is 1. The number of carboxylic acid groups (broad SMARTS) is 1. The number of anilines is 1. The van der Waals surface area contributed by atoms with Gasteiger partial charge in [-0.15, -0.1) is 11.3 Å². The van der Waals surface area contributed by atoms with Crippen molar-refractivity contribution in [1.29, 1.82) is 0 Å². The zero-order chi connectivity index (χ0) is 16.4. The number of benzene rings is 1. The molecule has 2 heterocycles. The molecular formula is C16H10NO3S3-. The van der Waals surface area contributed by atoms with Crippen LogP contribution in [0.3, 0.4) is 0 Å². The van der Waals surface area contributed by atoms with Crippen molar-refractivity contribution in [3.63, 3.8) is 0 Å². The summed E-state index contributed by atoms with van der Waals surface area (Å²) >= 11 is 8.12. The van der Waals surface area contributed by atoms with Crippen LogP contribution >= 0.6 is 35.3 Å². The van der Waals surface area contributed by atoms with Crippen LogP contribution in [0.4, 0.5) is 5.69 Å². The fraction of sp³-hybridized carbons (Fsp3) is 0.0625. The van der Waals surface area contributed by atoms with Crippen LogP contribution in [-0.4, -0.2) is 16.2 Å². The maximum Gasteiger partial charge on any atom is 0.270 e. The number of hydrogen-bond acceptors (Lipinski definition) is 6. The Kier molecular flexibility index (Phi) is 4.61. The molecule has 4 nitrogen and oxygen atoms in total. The third kappa shape index (κ3) is 3.52. The highest BCUT2D eigenvalue weighted by Crippen LogP contribution is 2.36. The molecular weight excluding hydrogens is 350 g/mol. The van der Waals surface area contributed by atoms with Crippen LogP contribution in [0.1, 0.15) is 10.4 Å². The summed E-state index contributed by atoms with van der Waals surface area (Å²) in [6.45, 7) is 0. The zero-order valence-corrected chi connectivity index (χ0v) is 14.2. The largest absolute Gasteiger partial charge is 0.550 e. The minimum Gasteiger partial charge on any atom is -0.550 e. The first-order valence-electron chi connectivity index (χ1n) is 6.65. The Bertz CT molecular complexity index is 794. The average Bonchev–Trinajstić information content (AvgIpc) is 3.09.